The van der Waals surface area contributed by atoms with Gasteiger partial charge >= 0.3 is 5.91 Å². The topological polar surface area (TPSA) is 107 Å². The molecule has 0 saturated carbocycles. The second-order valence-corrected chi connectivity index (χ2v) is 9.55. The number of fused-ring (bicyclic) bond motifs is 1. The largest absolute Gasteiger partial charge is 0.507 e. The molecule has 0 aliphatic carbocycles. The van der Waals surface area contributed by atoms with Crippen molar-refractivity contribution >= 4 is 44.1 Å². The lowest BCUT2D eigenvalue weighted by Crippen LogP contribution is -2.29. The fourth-order valence-corrected chi connectivity index (χ4v) is 5.63. The minimum absolute atomic E-state index is 0.0902. The van der Waals surface area contributed by atoms with Gasteiger partial charge in [0.2, 0.25) is 0 Å². The molecular weight excluding hydrogens is 520 g/mol. The third-order valence-electron chi connectivity index (χ3n) is 6.40. The zero-order valence-electron chi connectivity index (χ0n) is 21.8. The average Bonchev–Trinajstić information content (AvgIpc) is 3.49. The van der Waals surface area contributed by atoms with E-state index < -0.39 is 17.7 Å². The number of aliphatic hydroxyl groups excluding tert-OH is 1. The van der Waals surface area contributed by atoms with Gasteiger partial charge in [-0.3, -0.25) is 14.5 Å². The molecule has 1 atom stereocenters. The van der Waals surface area contributed by atoms with Crippen molar-refractivity contribution in [3.05, 3.63) is 77.4 Å². The number of amides is 1. The standard InChI is InChI=1S/C29H26N2O7S/c1-5-38-17-11-9-16(10-12-17)25(32)23-24(19-7-6-8-21(36-3)27(19)37-4)31(28(34)26(23)33)29-30-20-14-13-18(35-2)15-22(20)39-29/h6-15,24,32H,5H2,1-4H3. The van der Waals surface area contributed by atoms with Gasteiger partial charge in [0.05, 0.1) is 43.7 Å². The highest BCUT2D eigenvalue weighted by atomic mass is 32.1. The Morgan fingerprint density at radius 2 is 1.72 bits per heavy atom. The number of aliphatic hydroxyl groups is 1. The van der Waals surface area contributed by atoms with Crippen LogP contribution in [0.2, 0.25) is 0 Å². The molecule has 1 saturated heterocycles. The molecule has 3 aromatic carbocycles. The van der Waals surface area contributed by atoms with Crippen molar-refractivity contribution in [1.82, 2.24) is 4.98 Å². The molecule has 200 valence electrons. The van der Waals surface area contributed by atoms with E-state index in [1.165, 1.54) is 30.5 Å². The molecule has 4 aromatic rings. The summed E-state index contributed by atoms with van der Waals surface area (Å²) in [6.07, 6.45) is 0. The lowest BCUT2D eigenvalue weighted by molar-refractivity contribution is -0.132. The minimum Gasteiger partial charge on any atom is -0.507 e. The second kappa shape index (κ2) is 10.7. The van der Waals surface area contributed by atoms with E-state index in [9.17, 15) is 14.7 Å². The fourth-order valence-electron chi connectivity index (χ4n) is 4.61. The molecule has 1 N–H and O–H groups in total. The molecule has 1 fully saturated rings. The number of para-hydroxylation sites is 1. The van der Waals surface area contributed by atoms with Crippen LogP contribution in [-0.4, -0.2) is 49.7 Å². The molecule has 1 amide bonds. The first-order valence-electron chi connectivity index (χ1n) is 12.1. The molecular formula is C29H26N2O7S. The predicted octanol–water partition coefficient (Wildman–Crippen LogP) is 5.35. The number of hydrogen-bond donors (Lipinski definition) is 1. The Bertz CT molecular complexity index is 1590. The number of rotatable bonds is 8. The van der Waals surface area contributed by atoms with Gasteiger partial charge in [-0.25, -0.2) is 4.98 Å². The van der Waals surface area contributed by atoms with Crippen LogP contribution in [0.25, 0.3) is 16.0 Å². The first-order chi connectivity index (χ1) is 18.9. The van der Waals surface area contributed by atoms with Gasteiger partial charge in [0.15, 0.2) is 16.6 Å². The third-order valence-corrected chi connectivity index (χ3v) is 7.42. The van der Waals surface area contributed by atoms with E-state index in [0.29, 0.717) is 51.4 Å². The van der Waals surface area contributed by atoms with E-state index in [1.54, 1.807) is 61.7 Å². The number of carbonyl (C=O) groups is 2. The van der Waals surface area contributed by atoms with E-state index in [0.717, 1.165) is 4.70 Å². The van der Waals surface area contributed by atoms with Crippen LogP contribution in [0.1, 0.15) is 24.1 Å². The van der Waals surface area contributed by atoms with Crippen LogP contribution in [0.3, 0.4) is 0 Å². The summed E-state index contributed by atoms with van der Waals surface area (Å²) in [4.78, 5) is 33.1. The van der Waals surface area contributed by atoms with E-state index in [1.807, 2.05) is 13.0 Å². The van der Waals surface area contributed by atoms with Crippen molar-refractivity contribution in [2.45, 2.75) is 13.0 Å². The maximum absolute atomic E-state index is 13.6. The van der Waals surface area contributed by atoms with Gasteiger partial charge in [0.25, 0.3) is 5.78 Å². The van der Waals surface area contributed by atoms with Crippen molar-refractivity contribution < 1.29 is 33.6 Å². The second-order valence-electron chi connectivity index (χ2n) is 8.54. The molecule has 1 unspecified atom stereocenters. The summed E-state index contributed by atoms with van der Waals surface area (Å²) >= 11 is 1.24. The van der Waals surface area contributed by atoms with Gasteiger partial charge in [-0.05, 0) is 55.5 Å². The molecule has 0 radical (unpaired) electrons. The SMILES string of the molecule is CCOc1ccc(C(O)=C2C(=O)C(=O)N(c3nc4ccc(OC)cc4s3)C2c2cccc(OC)c2OC)cc1. The van der Waals surface area contributed by atoms with Gasteiger partial charge in [0.1, 0.15) is 23.3 Å². The van der Waals surface area contributed by atoms with Crippen molar-refractivity contribution in [2.75, 3.05) is 32.8 Å². The molecule has 9 nitrogen and oxygen atoms in total. The van der Waals surface area contributed by atoms with Crippen LogP contribution in [0.5, 0.6) is 23.0 Å². The average molecular weight is 547 g/mol. The normalized spacial score (nSPS) is 16.5. The van der Waals surface area contributed by atoms with E-state index in [2.05, 4.69) is 4.98 Å². The zero-order chi connectivity index (χ0) is 27.7. The van der Waals surface area contributed by atoms with Gasteiger partial charge in [0, 0.05) is 11.1 Å². The fraction of sp³-hybridized carbons (Fsp3) is 0.207. The van der Waals surface area contributed by atoms with Crippen LogP contribution in [-0.2, 0) is 9.59 Å². The number of benzene rings is 3. The molecule has 5 rings (SSSR count). The number of hydrogen-bond acceptors (Lipinski definition) is 9. The monoisotopic (exact) mass is 546 g/mol. The molecule has 1 aromatic heterocycles. The molecule has 1 aliphatic rings. The molecule has 0 spiro atoms. The van der Waals surface area contributed by atoms with Crippen molar-refractivity contribution in [3.63, 3.8) is 0 Å². The first-order valence-corrected chi connectivity index (χ1v) is 12.9. The minimum atomic E-state index is -1.04. The number of anilines is 1. The van der Waals surface area contributed by atoms with Gasteiger partial charge in [-0.15, -0.1) is 0 Å². The summed E-state index contributed by atoms with van der Waals surface area (Å²) in [5.74, 6) is 0.0210. The summed E-state index contributed by atoms with van der Waals surface area (Å²) in [5, 5.41) is 11.7. The number of aromatic nitrogens is 1. The maximum atomic E-state index is 13.6. The van der Waals surface area contributed by atoms with Gasteiger partial charge in [-0.2, -0.15) is 0 Å². The maximum Gasteiger partial charge on any atom is 0.301 e. The number of thiazole rings is 1. The van der Waals surface area contributed by atoms with Crippen LogP contribution >= 0.6 is 11.3 Å². The lowest BCUT2D eigenvalue weighted by atomic mass is 9.94. The lowest BCUT2D eigenvalue weighted by Gasteiger charge is -2.25. The number of Topliss-reactive ketones (excluding diaryl/α,β-unsaturated/α-hetero) is 1. The summed E-state index contributed by atoms with van der Waals surface area (Å²) in [6.45, 7) is 2.36. The third kappa shape index (κ3) is 4.52. The van der Waals surface area contributed by atoms with E-state index in [4.69, 9.17) is 18.9 Å². The highest BCUT2D eigenvalue weighted by Crippen LogP contribution is 2.48. The van der Waals surface area contributed by atoms with Crippen molar-refractivity contribution in [2.24, 2.45) is 0 Å². The van der Waals surface area contributed by atoms with Crippen LogP contribution in [0.4, 0.5) is 5.13 Å². The van der Waals surface area contributed by atoms with Gasteiger partial charge in [-0.1, -0.05) is 23.5 Å². The quantitative estimate of drug-likeness (QED) is 0.179. The number of nitrogens with zero attached hydrogens (tertiary/aromatic N) is 2. The van der Waals surface area contributed by atoms with Crippen molar-refractivity contribution in [1.29, 1.82) is 0 Å². The number of ether oxygens (including phenoxy) is 4. The summed E-state index contributed by atoms with van der Waals surface area (Å²) in [5.41, 5.74) is 1.37. The van der Waals surface area contributed by atoms with E-state index >= 15 is 0 Å². The highest BCUT2D eigenvalue weighted by Gasteiger charge is 2.49. The summed E-state index contributed by atoms with van der Waals surface area (Å²) in [6, 6.07) is 16.2. The summed E-state index contributed by atoms with van der Waals surface area (Å²) < 4.78 is 22.8. The Kier molecular flexibility index (Phi) is 7.12. The predicted molar refractivity (Wildman–Crippen MR) is 148 cm³/mol. The van der Waals surface area contributed by atoms with E-state index in [-0.39, 0.29) is 11.3 Å². The smallest absolute Gasteiger partial charge is 0.301 e. The zero-order valence-corrected chi connectivity index (χ0v) is 22.6. The molecule has 39 heavy (non-hydrogen) atoms. The Hall–Kier alpha value is -4.57. The van der Waals surface area contributed by atoms with Crippen LogP contribution in [0.15, 0.2) is 66.2 Å². The number of methoxy groups -OCH3 is 3. The Balaban J connectivity index is 1.74. The number of ketones is 1. The molecule has 2 heterocycles. The van der Waals surface area contributed by atoms with Crippen LogP contribution in [0, 0.1) is 0 Å². The van der Waals surface area contributed by atoms with Crippen LogP contribution < -0.4 is 23.8 Å². The molecule has 10 heteroatoms. The number of carbonyl (C=O) groups excluding carboxylic acids is 2. The molecule has 0 bridgehead atoms. The molecule has 1 aliphatic heterocycles. The first kappa shape index (κ1) is 26.1. The Morgan fingerprint density at radius 3 is 2.38 bits per heavy atom. The summed E-state index contributed by atoms with van der Waals surface area (Å²) in [7, 11) is 4.54. The van der Waals surface area contributed by atoms with Gasteiger partial charge < -0.3 is 24.1 Å². The highest BCUT2D eigenvalue weighted by molar-refractivity contribution is 7.22. The Morgan fingerprint density at radius 1 is 0.974 bits per heavy atom. The Labute approximate surface area is 228 Å². The van der Waals surface area contributed by atoms with Crippen molar-refractivity contribution in [3.8, 4) is 23.0 Å².